The second kappa shape index (κ2) is 9.30. The van der Waals surface area contributed by atoms with Crippen LogP contribution in [0.3, 0.4) is 0 Å². The van der Waals surface area contributed by atoms with Crippen LogP contribution in [0, 0.1) is 0 Å². The predicted octanol–water partition coefficient (Wildman–Crippen LogP) is 0.693. The molecule has 3 heteroatoms. The molecule has 0 aromatic rings. The molecule has 0 aromatic heterocycles. The molecular formula is C8H18N2O. The maximum absolute atomic E-state index is 5.14. The highest BCUT2D eigenvalue weighted by Gasteiger charge is 1.83. The van der Waals surface area contributed by atoms with Gasteiger partial charge in [-0.15, -0.1) is 0 Å². The molecule has 0 atom stereocenters. The summed E-state index contributed by atoms with van der Waals surface area (Å²) in [6, 6.07) is 0. The second-order valence-electron chi connectivity index (χ2n) is 2.17. The van der Waals surface area contributed by atoms with Gasteiger partial charge in [-0.3, -0.25) is 0 Å². The van der Waals surface area contributed by atoms with Gasteiger partial charge in [0.2, 0.25) is 0 Å². The summed E-state index contributed by atoms with van der Waals surface area (Å²) in [7, 11) is 1.85. The number of nitrogens with one attached hydrogen (secondary N) is 2. The van der Waals surface area contributed by atoms with Crippen molar-refractivity contribution in [3.05, 3.63) is 12.5 Å². The van der Waals surface area contributed by atoms with Crippen molar-refractivity contribution in [2.24, 2.45) is 0 Å². The first-order valence-electron chi connectivity index (χ1n) is 4.06. The lowest BCUT2D eigenvalue weighted by atomic mass is 10.4. The van der Waals surface area contributed by atoms with Crippen LogP contribution in [0.5, 0.6) is 0 Å². The smallest absolute Gasteiger partial charge is 0.0985 e. The van der Waals surface area contributed by atoms with Gasteiger partial charge in [-0.25, -0.2) is 0 Å². The molecule has 0 radical (unpaired) electrons. The van der Waals surface area contributed by atoms with E-state index in [-0.39, 0.29) is 0 Å². The highest BCUT2D eigenvalue weighted by Crippen LogP contribution is 1.80. The summed E-state index contributed by atoms with van der Waals surface area (Å²) in [5.74, 6) is 0. The summed E-state index contributed by atoms with van der Waals surface area (Å²) < 4.78 is 5.14. The van der Waals surface area contributed by atoms with Crippen molar-refractivity contribution < 1.29 is 4.74 Å². The molecule has 0 aromatic carbocycles. The predicted molar refractivity (Wildman–Crippen MR) is 47.3 cm³/mol. The minimum atomic E-state index is 0.783. The number of hydrogen-bond acceptors (Lipinski definition) is 3. The lowest BCUT2D eigenvalue weighted by molar-refractivity contribution is 0.242. The van der Waals surface area contributed by atoms with E-state index in [1.165, 1.54) is 0 Å². The molecule has 0 heterocycles. The summed E-state index contributed by atoms with van der Waals surface area (Å²) in [6.45, 7) is 4.95. The fraction of sp³-hybridized carbons (Fsp3) is 0.750. The quantitative estimate of drug-likeness (QED) is 0.422. The lowest BCUT2D eigenvalue weighted by Crippen LogP contribution is -2.15. The van der Waals surface area contributed by atoms with Gasteiger partial charge in [0.15, 0.2) is 0 Å². The Hall–Kier alpha value is -0.700. The minimum Gasteiger partial charge on any atom is -0.500 e. The first kappa shape index (κ1) is 10.3. The van der Waals surface area contributed by atoms with Gasteiger partial charge in [0.25, 0.3) is 0 Å². The van der Waals surface area contributed by atoms with Crippen molar-refractivity contribution in [3.8, 4) is 0 Å². The van der Waals surface area contributed by atoms with Crippen molar-refractivity contribution in [2.75, 3.05) is 26.7 Å². The lowest BCUT2D eigenvalue weighted by Gasteiger charge is -2.00. The summed E-state index contributed by atoms with van der Waals surface area (Å²) in [6.07, 6.45) is 4.50. The van der Waals surface area contributed by atoms with Crippen LogP contribution < -0.4 is 10.6 Å². The summed E-state index contributed by atoms with van der Waals surface area (Å²) in [5.41, 5.74) is 0. The van der Waals surface area contributed by atoms with E-state index in [9.17, 15) is 0 Å². The Morgan fingerprint density at radius 1 is 1.45 bits per heavy atom. The van der Waals surface area contributed by atoms with Gasteiger partial charge in [0.1, 0.15) is 0 Å². The SMILES string of the molecule is CCNCCCO/C=C\NC. The van der Waals surface area contributed by atoms with E-state index < -0.39 is 0 Å². The average Bonchev–Trinajstić information content (AvgIpc) is 2.03. The highest BCUT2D eigenvalue weighted by molar-refractivity contribution is 4.66. The van der Waals surface area contributed by atoms with E-state index in [2.05, 4.69) is 17.6 Å². The van der Waals surface area contributed by atoms with E-state index in [4.69, 9.17) is 4.74 Å². The largest absolute Gasteiger partial charge is 0.500 e. The number of rotatable bonds is 7. The molecular weight excluding hydrogens is 140 g/mol. The fourth-order valence-electron chi connectivity index (χ4n) is 0.641. The Bertz CT molecular complexity index is 94.1. The first-order valence-corrected chi connectivity index (χ1v) is 4.06. The summed E-state index contributed by atoms with van der Waals surface area (Å²) in [4.78, 5) is 0. The zero-order valence-corrected chi connectivity index (χ0v) is 7.39. The van der Waals surface area contributed by atoms with Gasteiger partial charge in [-0.05, 0) is 19.5 Å². The van der Waals surface area contributed by atoms with Gasteiger partial charge in [0.05, 0.1) is 12.9 Å². The van der Waals surface area contributed by atoms with E-state index in [0.717, 1.165) is 26.1 Å². The zero-order chi connectivity index (χ0) is 8.36. The summed E-state index contributed by atoms with van der Waals surface area (Å²) in [5, 5.41) is 6.07. The molecule has 0 saturated heterocycles. The molecule has 0 spiro atoms. The average molecular weight is 158 g/mol. The van der Waals surface area contributed by atoms with Crippen LogP contribution in [0.2, 0.25) is 0 Å². The molecule has 2 N–H and O–H groups in total. The molecule has 0 amide bonds. The number of ether oxygens (including phenoxy) is 1. The van der Waals surface area contributed by atoms with Gasteiger partial charge in [-0.2, -0.15) is 0 Å². The third-order valence-electron chi connectivity index (χ3n) is 1.20. The molecule has 0 aliphatic rings. The molecule has 0 unspecified atom stereocenters. The van der Waals surface area contributed by atoms with Crippen LogP contribution in [0.4, 0.5) is 0 Å². The van der Waals surface area contributed by atoms with Gasteiger partial charge in [-0.1, -0.05) is 6.92 Å². The third-order valence-corrected chi connectivity index (χ3v) is 1.20. The zero-order valence-electron chi connectivity index (χ0n) is 7.39. The Balaban J connectivity index is 2.85. The Labute approximate surface area is 68.8 Å². The second-order valence-corrected chi connectivity index (χ2v) is 2.17. The van der Waals surface area contributed by atoms with Crippen LogP contribution in [0.15, 0.2) is 12.5 Å². The molecule has 0 aliphatic carbocycles. The van der Waals surface area contributed by atoms with Crippen molar-refractivity contribution >= 4 is 0 Å². The van der Waals surface area contributed by atoms with Crippen molar-refractivity contribution in [3.63, 3.8) is 0 Å². The maximum Gasteiger partial charge on any atom is 0.0985 e. The van der Waals surface area contributed by atoms with E-state index in [0.29, 0.717) is 0 Å². The topological polar surface area (TPSA) is 33.3 Å². The Morgan fingerprint density at radius 3 is 2.91 bits per heavy atom. The van der Waals surface area contributed by atoms with Crippen LogP contribution in [0.25, 0.3) is 0 Å². The standard InChI is InChI=1S/C8H18N2O/c1-3-10-5-4-7-11-8-6-9-2/h6,8-10H,3-5,7H2,1-2H3/b8-6-. The highest BCUT2D eigenvalue weighted by atomic mass is 16.5. The van der Waals surface area contributed by atoms with E-state index in [1.54, 1.807) is 12.5 Å². The van der Waals surface area contributed by atoms with Gasteiger partial charge >= 0.3 is 0 Å². The molecule has 11 heavy (non-hydrogen) atoms. The molecule has 66 valence electrons. The third kappa shape index (κ3) is 9.30. The van der Waals surface area contributed by atoms with Crippen LogP contribution >= 0.6 is 0 Å². The fourth-order valence-corrected chi connectivity index (χ4v) is 0.641. The van der Waals surface area contributed by atoms with Crippen molar-refractivity contribution in [1.82, 2.24) is 10.6 Å². The number of hydrogen-bond donors (Lipinski definition) is 2. The molecule has 0 aliphatic heterocycles. The molecule has 0 bridgehead atoms. The monoisotopic (exact) mass is 158 g/mol. The van der Waals surface area contributed by atoms with Crippen LogP contribution in [-0.4, -0.2) is 26.7 Å². The Kier molecular flexibility index (Phi) is 8.71. The van der Waals surface area contributed by atoms with E-state index in [1.807, 2.05) is 7.05 Å². The first-order chi connectivity index (χ1) is 5.41. The Morgan fingerprint density at radius 2 is 2.27 bits per heavy atom. The normalized spacial score (nSPS) is 10.4. The van der Waals surface area contributed by atoms with Crippen LogP contribution in [-0.2, 0) is 4.74 Å². The molecule has 0 saturated carbocycles. The molecule has 3 nitrogen and oxygen atoms in total. The van der Waals surface area contributed by atoms with Gasteiger partial charge in [0, 0.05) is 13.2 Å². The minimum absolute atomic E-state index is 0.783. The molecule has 0 rings (SSSR count). The van der Waals surface area contributed by atoms with E-state index >= 15 is 0 Å². The maximum atomic E-state index is 5.14. The summed E-state index contributed by atoms with van der Waals surface area (Å²) >= 11 is 0. The van der Waals surface area contributed by atoms with Crippen molar-refractivity contribution in [1.29, 1.82) is 0 Å². The van der Waals surface area contributed by atoms with Crippen LogP contribution in [0.1, 0.15) is 13.3 Å². The molecule has 0 fully saturated rings. The van der Waals surface area contributed by atoms with Gasteiger partial charge < -0.3 is 15.4 Å². The van der Waals surface area contributed by atoms with Crippen molar-refractivity contribution in [2.45, 2.75) is 13.3 Å².